The zero-order valence-electron chi connectivity index (χ0n) is 19.8. The molecule has 1 amide bonds. The molecule has 0 bridgehead atoms. The zero-order valence-corrected chi connectivity index (χ0v) is 19.8. The Morgan fingerprint density at radius 2 is 1.67 bits per heavy atom. The van der Waals surface area contributed by atoms with E-state index in [0.717, 1.165) is 5.56 Å². The van der Waals surface area contributed by atoms with Crippen LogP contribution in [0.4, 0.5) is 0 Å². The molecule has 0 unspecified atom stereocenters. The Morgan fingerprint density at radius 1 is 1.08 bits per heavy atom. The first-order chi connectivity index (χ1) is 16.6. The molecule has 1 aliphatic heterocycles. The van der Waals surface area contributed by atoms with Gasteiger partial charge < -0.3 is 25.0 Å². The van der Waals surface area contributed by atoms with Gasteiger partial charge in [-0.2, -0.15) is 0 Å². The van der Waals surface area contributed by atoms with E-state index in [0.29, 0.717) is 44.4 Å². The van der Waals surface area contributed by atoms with E-state index in [1.807, 2.05) is 30.3 Å². The fourth-order valence-corrected chi connectivity index (χ4v) is 3.52. The molecule has 36 heavy (non-hydrogen) atoms. The summed E-state index contributed by atoms with van der Waals surface area (Å²) >= 11 is 0. The molecular weight excluding hydrogens is 499 g/mol. The number of hydrogen-bond donors (Lipinski definition) is 4. The molecule has 194 valence electrons. The third-order valence-corrected chi connectivity index (χ3v) is 5.15. The van der Waals surface area contributed by atoms with E-state index in [9.17, 15) is 29.1 Å². The van der Waals surface area contributed by atoms with Crippen LogP contribution in [-0.2, 0) is 35.1 Å². The number of hydrogen-bond acceptors (Lipinski definition) is 7. The first kappa shape index (κ1) is 33.9. The van der Waals surface area contributed by atoms with Crippen LogP contribution in [0.25, 0.3) is 0 Å². The number of ether oxygens (including phenoxy) is 1. The summed E-state index contributed by atoms with van der Waals surface area (Å²) in [6, 6.07) is 7.69. The summed E-state index contributed by atoms with van der Waals surface area (Å²) in [4.78, 5) is 56.8. The van der Waals surface area contributed by atoms with Crippen LogP contribution in [0, 0.1) is 0 Å². The Labute approximate surface area is 252 Å². The third-order valence-electron chi connectivity index (χ3n) is 5.15. The molecule has 1 aromatic carbocycles. The maximum atomic E-state index is 12.7. The van der Waals surface area contributed by atoms with Gasteiger partial charge in [-0.3, -0.25) is 14.9 Å². The number of nitrogens with one attached hydrogen (secondary N) is 1. The first-order valence-electron chi connectivity index (χ1n) is 11.2. The molecule has 1 aromatic rings. The van der Waals surface area contributed by atoms with Crippen molar-refractivity contribution in [1.29, 1.82) is 0 Å². The van der Waals surface area contributed by atoms with E-state index >= 15 is 0 Å². The van der Waals surface area contributed by atoms with Crippen molar-refractivity contribution in [2.45, 2.75) is 57.7 Å². The van der Waals surface area contributed by atoms with Crippen LogP contribution in [0.1, 0.15) is 38.7 Å². The quantitative estimate of drug-likeness (QED) is 0.180. The predicted octanol–water partition coefficient (Wildman–Crippen LogP) is 0.668. The van der Waals surface area contributed by atoms with Gasteiger partial charge in [-0.25, -0.2) is 14.4 Å². The van der Waals surface area contributed by atoms with E-state index < -0.39 is 42.0 Å². The van der Waals surface area contributed by atoms with Crippen LogP contribution >= 0.6 is 0 Å². The first-order valence-corrected chi connectivity index (χ1v) is 11.2. The molecule has 4 N–H and O–H groups in total. The van der Waals surface area contributed by atoms with Crippen LogP contribution < -0.4 is 5.32 Å². The van der Waals surface area contributed by atoms with Gasteiger partial charge in [-0.15, -0.1) is 0 Å². The second-order valence-corrected chi connectivity index (χ2v) is 7.75. The van der Waals surface area contributed by atoms with Gasteiger partial charge in [-0.1, -0.05) is 30.3 Å². The number of carbonyl (C=O) groups excluding carboxylic acids is 2. The molecule has 0 spiro atoms. The average molecular weight is 533 g/mol. The maximum absolute atomic E-state index is 12.7. The second kappa shape index (κ2) is 18.2. The van der Waals surface area contributed by atoms with Crippen molar-refractivity contribution in [2.24, 2.45) is 0 Å². The van der Waals surface area contributed by atoms with Gasteiger partial charge in [0.25, 0.3) is 0 Å². The minimum absolute atomic E-state index is 0. The second-order valence-electron chi connectivity index (χ2n) is 7.75. The van der Waals surface area contributed by atoms with Crippen LogP contribution in [-0.4, -0.2) is 133 Å². The minimum atomic E-state index is -1.26. The van der Waals surface area contributed by atoms with Crippen molar-refractivity contribution in [3.8, 4) is 0 Å². The van der Waals surface area contributed by atoms with Crippen molar-refractivity contribution in [1.82, 2.24) is 10.2 Å². The number of benzene rings is 1. The summed E-state index contributed by atoms with van der Waals surface area (Å²) in [5, 5.41) is 27.9. The summed E-state index contributed by atoms with van der Waals surface area (Å²) in [6.07, 6.45) is 3.40. The molecule has 0 aromatic heterocycles. The fraction of sp³-hybridized carbons (Fsp3) is 0.458. The molecular formula is C24H33KN2O9. The number of carboxylic acid groups (broad SMARTS) is 3. The molecule has 3 atom stereocenters. The molecule has 11 nitrogen and oxygen atoms in total. The van der Waals surface area contributed by atoms with Crippen molar-refractivity contribution in [3.63, 3.8) is 0 Å². The van der Waals surface area contributed by atoms with Gasteiger partial charge in [0.1, 0.15) is 12.1 Å². The van der Waals surface area contributed by atoms with E-state index in [4.69, 9.17) is 14.9 Å². The Hall–Kier alpha value is -2.09. The number of likely N-dealkylation sites (tertiary alicyclic amines) is 1. The van der Waals surface area contributed by atoms with Gasteiger partial charge in [0.05, 0.1) is 12.6 Å². The predicted molar refractivity (Wildman–Crippen MR) is 132 cm³/mol. The van der Waals surface area contributed by atoms with Crippen molar-refractivity contribution in [2.75, 3.05) is 13.2 Å². The normalized spacial score (nSPS) is 16.2. The summed E-state index contributed by atoms with van der Waals surface area (Å²) in [5.41, 5.74) is 1.10. The van der Waals surface area contributed by atoms with E-state index in [1.165, 1.54) is 4.90 Å². The SMILES string of the molecule is CCOC(=O)[C@H](CCc1ccccc1)N[C@@H](C)C(=O)N1CCC[C@H]1C(=O)O.O=C(O)C=CC(=O)O.[KH]. The number of esters is 1. The molecule has 12 heteroatoms. The molecule has 1 fully saturated rings. The number of carboxylic acids is 3. The summed E-state index contributed by atoms with van der Waals surface area (Å²) < 4.78 is 5.14. The Balaban J connectivity index is 0.00000118. The van der Waals surface area contributed by atoms with Gasteiger partial charge in [0.15, 0.2) is 0 Å². The number of rotatable bonds is 11. The van der Waals surface area contributed by atoms with Crippen molar-refractivity contribution < 1.29 is 44.0 Å². The molecule has 0 saturated carbocycles. The Bertz CT molecular complexity index is 892. The Morgan fingerprint density at radius 3 is 2.17 bits per heavy atom. The van der Waals surface area contributed by atoms with Gasteiger partial charge in [-0.05, 0) is 45.1 Å². The van der Waals surface area contributed by atoms with Gasteiger partial charge >= 0.3 is 75.3 Å². The molecule has 2 rings (SSSR count). The van der Waals surface area contributed by atoms with Crippen molar-refractivity contribution in [3.05, 3.63) is 48.0 Å². The van der Waals surface area contributed by atoms with Gasteiger partial charge in [0, 0.05) is 18.7 Å². The Kier molecular flexibility index (Phi) is 17.1. The number of aryl methyl sites for hydroxylation is 1. The van der Waals surface area contributed by atoms with Crippen molar-refractivity contribution >= 4 is 81.2 Å². The molecule has 1 saturated heterocycles. The van der Waals surface area contributed by atoms with E-state index in [1.54, 1.807) is 13.8 Å². The zero-order chi connectivity index (χ0) is 26.4. The van der Waals surface area contributed by atoms with E-state index in [-0.39, 0.29) is 63.9 Å². The fourth-order valence-electron chi connectivity index (χ4n) is 3.52. The van der Waals surface area contributed by atoms with E-state index in [2.05, 4.69) is 5.32 Å². The average Bonchev–Trinajstić information content (AvgIpc) is 3.31. The summed E-state index contributed by atoms with van der Waals surface area (Å²) in [5.74, 6) is -4.20. The standard InChI is InChI=1S/C20H28N2O5.C4H4O4.K.H/c1-3-27-20(26)16(12-11-15-8-5-4-6-9-15)21-14(2)18(23)22-13-7-10-17(22)19(24)25;5-3(6)1-2-4(7)8;;/h4-6,8-9,14,16-17,21H,3,7,10-13H2,1-2H3,(H,24,25);1-2H,(H,5,6)(H,7,8);;/t14-,16-,17-;;;/m0.../s1. The number of nitrogens with zero attached hydrogens (tertiary/aromatic N) is 1. The third kappa shape index (κ3) is 12.7. The van der Waals surface area contributed by atoms with Crippen LogP contribution in [0.15, 0.2) is 42.5 Å². The molecule has 0 aliphatic carbocycles. The van der Waals surface area contributed by atoms with Crippen LogP contribution in [0.2, 0.25) is 0 Å². The molecule has 1 aliphatic rings. The number of amides is 1. The molecule has 1 heterocycles. The van der Waals surface area contributed by atoms with Gasteiger partial charge in [0.2, 0.25) is 5.91 Å². The monoisotopic (exact) mass is 532 g/mol. The number of aliphatic carboxylic acids is 3. The number of carbonyl (C=O) groups is 5. The molecule has 0 radical (unpaired) electrons. The van der Waals surface area contributed by atoms with Crippen LogP contribution in [0.3, 0.4) is 0 Å². The summed E-state index contributed by atoms with van der Waals surface area (Å²) in [7, 11) is 0. The van der Waals surface area contributed by atoms with Crippen LogP contribution in [0.5, 0.6) is 0 Å². The summed E-state index contributed by atoms with van der Waals surface area (Å²) in [6.45, 7) is 4.09. The topological polar surface area (TPSA) is 171 Å².